The van der Waals surface area contributed by atoms with Crippen LogP contribution >= 0.6 is 0 Å². The minimum Gasteiger partial charge on any atom is -0.490 e. The Hall–Kier alpha value is -1.13. The van der Waals surface area contributed by atoms with Crippen molar-refractivity contribution >= 4 is 0 Å². The van der Waals surface area contributed by atoms with Crippen molar-refractivity contribution in [3.63, 3.8) is 0 Å². The van der Waals surface area contributed by atoms with E-state index in [1.807, 2.05) is 18.3 Å². The van der Waals surface area contributed by atoms with E-state index in [1.165, 1.54) is 0 Å². The predicted octanol–water partition coefficient (Wildman–Crippen LogP) is 2.05. The SMILES string of the molecule is CC(C)NCc1cc(OC2CCN(C)CC2)ccn1. The first-order chi connectivity index (χ1) is 9.13. The van der Waals surface area contributed by atoms with Gasteiger partial charge in [-0.05, 0) is 26.0 Å². The van der Waals surface area contributed by atoms with Gasteiger partial charge in [-0.2, -0.15) is 0 Å². The quantitative estimate of drug-likeness (QED) is 0.882. The maximum atomic E-state index is 6.06. The zero-order valence-electron chi connectivity index (χ0n) is 12.2. The van der Waals surface area contributed by atoms with E-state index in [0.29, 0.717) is 12.1 Å². The molecule has 19 heavy (non-hydrogen) atoms. The Balaban J connectivity index is 1.88. The summed E-state index contributed by atoms with van der Waals surface area (Å²) in [5, 5.41) is 3.37. The third-order valence-electron chi connectivity index (χ3n) is 3.45. The molecule has 0 aliphatic carbocycles. The number of rotatable bonds is 5. The average molecular weight is 263 g/mol. The molecule has 0 bridgehead atoms. The Bertz CT molecular complexity index is 387. The predicted molar refractivity (Wildman–Crippen MR) is 77.4 cm³/mol. The molecule has 4 heteroatoms. The van der Waals surface area contributed by atoms with E-state index in [2.05, 4.69) is 36.1 Å². The van der Waals surface area contributed by atoms with Crippen molar-refractivity contribution in [3.05, 3.63) is 24.0 Å². The molecule has 1 saturated heterocycles. The highest BCUT2D eigenvalue weighted by molar-refractivity contribution is 5.23. The van der Waals surface area contributed by atoms with Crippen molar-refractivity contribution in [2.24, 2.45) is 0 Å². The molecular formula is C15H25N3O. The molecule has 0 aromatic carbocycles. The summed E-state index contributed by atoms with van der Waals surface area (Å²) < 4.78 is 6.06. The van der Waals surface area contributed by atoms with Crippen LogP contribution in [0.3, 0.4) is 0 Å². The molecule has 0 radical (unpaired) electrons. The molecule has 0 spiro atoms. The summed E-state index contributed by atoms with van der Waals surface area (Å²) in [5.41, 5.74) is 1.04. The highest BCUT2D eigenvalue weighted by atomic mass is 16.5. The van der Waals surface area contributed by atoms with Crippen LogP contribution in [0.1, 0.15) is 32.4 Å². The van der Waals surface area contributed by atoms with Crippen molar-refractivity contribution in [1.29, 1.82) is 0 Å². The third-order valence-corrected chi connectivity index (χ3v) is 3.45. The molecule has 2 rings (SSSR count). The molecule has 0 saturated carbocycles. The van der Waals surface area contributed by atoms with Gasteiger partial charge in [-0.15, -0.1) is 0 Å². The molecule has 1 aromatic heterocycles. The van der Waals surface area contributed by atoms with Crippen LogP contribution in [-0.4, -0.2) is 42.2 Å². The number of nitrogens with one attached hydrogen (secondary N) is 1. The summed E-state index contributed by atoms with van der Waals surface area (Å²) >= 11 is 0. The minimum absolute atomic E-state index is 0.351. The molecule has 1 fully saturated rings. The fourth-order valence-corrected chi connectivity index (χ4v) is 2.23. The number of hydrogen-bond acceptors (Lipinski definition) is 4. The van der Waals surface area contributed by atoms with Gasteiger partial charge in [0.2, 0.25) is 0 Å². The summed E-state index contributed by atoms with van der Waals surface area (Å²) in [6.45, 7) is 7.31. The van der Waals surface area contributed by atoms with Crippen LogP contribution in [0.15, 0.2) is 18.3 Å². The van der Waals surface area contributed by atoms with Crippen LogP contribution in [0.5, 0.6) is 5.75 Å². The standard InChI is InChI=1S/C15H25N3O/c1-12(2)17-11-13-10-15(4-7-16-13)19-14-5-8-18(3)9-6-14/h4,7,10,12,14,17H,5-6,8-9,11H2,1-3H3. The van der Waals surface area contributed by atoms with Crippen molar-refractivity contribution in [2.45, 2.75) is 45.4 Å². The third kappa shape index (κ3) is 4.80. The van der Waals surface area contributed by atoms with E-state index < -0.39 is 0 Å². The van der Waals surface area contributed by atoms with Crippen molar-refractivity contribution in [3.8, 4) is 5.75 Å². The van der Waals surface area contributed by atoms with Crippen LogP contribution in [0.4, 0.5) is 0 Å². The largest absolute Gasteiger partial charge is 0.490 e. The first kappa shape index (κ1) is 14.3. The molecule has 0 amide bonds. The number of hydrogen-bond donors (Lipinski definition) is 1. The normalized spacial score (nSPS) is 17.9. The van der Waals surface area contributed by atoms with Gasteiger partial charge in [-0.3, -0.25) is 4.98 Å². The lowest BCUT2D eigenvalue weighted by Gasteiger charge is -2.29. The van der Waals surface area contributed by atoms with Crippen LogP contribution < -0.4 is 10.1 Å². The number of ether oxygens (including phenoxy) is 1. The smallest absolute Gasteiger partial charge is 0.123 e. The van der Waals surface area contributed by atoms with Gasteiger partial charge in [0.25, 0.3) is 0 Å². The summed E-state index contributed by atoms with van der Waals surface area (Å²) in [5.74, 6) is 0.949. The monoisotopic (exact) mass is 263 g/mol. The molecule has 1 aliphatic rings. The van der Waals surface area contributed by atoms with Gasteiger partial charge < -0.3 is 15.0 Å². The number of piperidine rings is 1. The van der Waals surface area contributed by atoms with Gasteiger partial charge in [-0.1, -0.05) is 13.8 Å². The summed E-state index contributed by atoms with van der Waals surface area (Å²) in [7, 11) is 2.17. The average Bonchev–Trinajstić information content (AvgIpc) is 2.40. The lowest BCUT2D eigenvalue weighted by atomic mass is 10.1. The highest BCUT2D eigenvalue weighted by Crippen LogP contribution is 2.18. The molecule has 2 heterocycles. The summed E-state index contributed by atoms with van der Waals surface area (Å²) in [4.78, 5) is 6.72. The zero-order valence-corrected chi connectivity index (χ0v) is 12.2. The van der Waals surface area contributed by atoms with E-state index in [9.17, 15) is 0 Å². The second-order valence-electron chi connectivity index (χ2n) is 5.64. The Morgan fingerprint density at radius 2 is 2.16 bits per heavy atom. The van der Waals surface area contributed by atoms with Crippen LogP contribution in [0, 0.1) is 0 Å². The lowest BCUT2D eigenvalue weighted by Crippen LogP contribution is -2.35. The van der Waals surface area contributed by atoms with Crippen LogP contribution in [0.2, 0.25) is 0 Å². The first-order valence-electron chi connectivity index (χ1n) is 7.17. The molecular weight excluding hydrogens is 238 g/mol. The maximum absolute atomic E-state index is 6.06. The molecule has 1 aliphatic heterocycles. The zero-order chi connectivity index (χ0) is 13.7. The van der Waals surface area contributed by atoms with Crippen LogP contribution in [-0.2, 0) is 6.54 Å². The fraction of sp³-hybridized carbons (Fsp3) is 0.667. The van der Waals surface area contributed by atoms with E-state index in [0.717, 1.165) is 43.9 Å². The van der Waals surface area contributed by atoms with Crippen molar-refractivity contribution in [2.75, 3.05) is 20.1 Å². The van der Waals surface area contributed by atoms with E-state index in [4.69, 9.17) is 4.74 Å². The van der Waals surface area contributed by atoms with Gasteiger partial charge >= 0.3 is 0 Å². The second-order valence-corrected chi connectivity index (χ2v) is 5.64. The lowest BCUT2D eigenvalue weighted by molar-refractivity contribution is 0.114. The fourth-order valence-electron chi connectivity index (χ4n) is 2.23. The number of pyridine rings is 1. The van der Waals surface area contributed by atoms with Gasteiger partial charge in [0.05, 0.1) is 5.69 Å². The number of aromatic nitrogens is 1. The van der Waals surface area contributed by atoms with Gasteiger partial charge in [0, 0.05) is 37.9 Å². The number of likely N-dealkylation sites (tertiary alicyclic amines) is 1. The molecule has 1 N–H and O–H groups in total. The van der Waals surface area contributed by atoms with E-state index in [1.54, 1.807) is 0 Å². The highest BCUT2D eigenvalue weighted by Gasteiger charge is 2.18. The van der Waals surface area contributed by atoms with E-state index in [-0.39, 0.29) is 0 Å². The van der Waals surface area contributed by atoms with Crippen molar-refractivity contribution in [1.82, 2.24) is 15.2 Å². The first-order valence-corrected chi connectivity index (χ1v) is 7.17. The molecule has 4 nitrogen and oxygen atoms in total. The summed E-state index contributed by atoms with van der Waals surface area (Å²) in [6.07, 6.45) is 4.41. The topological polar surface area (TPSA) is 37.4 Å². The maximum Gasteiger partial charge on any atom is 0.123 e. The Morgan fingerprint density at radius 1 is 1.42 bits per heavy atom. The van der Waals surface area contributed by atoms with Crippen molar-refractivity contribution < 1.29 is 4.74 Å². The Labute approximate surface area is 116 Å². The summed E-state index contributed by atoms with van der Waals surface area (Å²) in [6, 6.07) is 4.48. The van der Waals surface area contributed by atoms with Gasteiger partial charge in [0.15, 0.2) is 0 Å². The molecule has 1 aromatic rings. The minimum atomic E-state index is 0.351. The van der Waals surface area contributed by atoms with Gasteiger partial charge in [-0.25, -0.2) is 0 Å². The number of nitrogens with zero attached hydrogens (tertiary/aromatic N) is 2. The second kappa shape index (κ2) is 6.87. The Kier molecular flexibility index (Phi) is 5.16. The molecule has 0 atom stereocenters. The molecule has 106 valence electrons. The Morgan fingerprint density at radius 3 is 2.84 bits per heavy atom. The van der Waals surface area contributed by atoms with Crippen LogP contribution in [0.25, 0.3) is 0 Å². The molecule has 0 unspecified atom stereocenters. The van der Waals surface area contributed by atoms with Gasteiger partial charge in [0.1, 0.15) is 11.9 Å². The van der Waals surface area contributed by atoms with E-state index >= 15 is 0 Å².